The second kappa shape index (κ2) is 6.30. The Morgan fingerprint density at radius 3 is 2.45 bits per heavy atom. The molecule has 0 fully saturated rings. The molecule has 0 unspecified atom stereocenters. The van der Waals surface area contributed by atoms with Crippen LogP contribution < -0.4 is 4.74 Å². The molecule has 1 aromatic rings. The van der Waals surface area contributed by atoms with Crippen LogP contribution in [-0.2, 0) is 15.3 Å². The van der Waals surface area contributed by atoms with Gasteiger partial charge in [-0.2, -0.15) is 0 Å². The lowest BCUT2D eigenvalue weighted by atomic mass is 9.81. The molecule has 0 aliphatic rings. The number of nitrogens with zero attached hydrogens (tertiary/aromatic N) is 1. The molecule has 1 aromatic carbocycles. The third-order valence-electron chi connectivity index (χ3n) is 3.20. The van der Waals surface area contributed by atoms with Crippen LogP contribution in [-0.4, -0.2) is 36.6 Å². The summed E-state index contributed by atoms with van der Waals surface area (Å²) >= 11 is 0. The standard InChI is InChI=1S/C13H17NO7S/c1-13(2,6-7-22(3,19)20)10-8-9(14(17)18)4-5-11(10)21-12(15)16/h4-5,8H,6-7H2,1-3H3,(H,15,16). The molecule has 9 heteroatoms. The average molecular weight is 331 g/mol. The number of benzene rings is 1. The van der Waals surface area contributed by atoms with E-state index in [1.807, 2.05) is 0 Å². The average Bonchev–Trinajstić information content (AvgIpc) is 2.35. The lowest BCUT2D eigenvalue weighted by molar-refractivity contribution is -0.385. The Labute approximate surface area is 127 Å². The number of carbonyl (C=O) groups is 1. The van der Waals surface area contributed by atoms with E-state index in [0.717, 1.165) is 12.3 Å². The van der Waals surface area contributed by atoms with Crippen LogP contribution in [0.5, 0.6) is 5.75 Å². The molecule has 0 radical (unpaired) electrons. The van der Waals surface area contributed by atoms with E-state index in [9.17, 15) is 23.3 Å². The van der Waals surface area contributed by atoms with Crippen LogP contribution in [0, 0.1) is 10.1 Å². The smallest absolute Gasteiger partial charge is 0.449 e. The number of carboxylic acid groups (broad SMARTS) is 1. The number of ether oxygens (including phenoxy) is 1. The maximum Gasteiger partial charge on any atom is 0.511 e. The number of nitro groups is 1. The number of sulfone groups is 1. The molecular formula is C13H17NO7S. The van der Waals surface area contributed by atoms with Gasteiger partial charge in [0, 0.05) is 24.0 Å². The lowest BCUT2D eigenvalue weighted by Gasteiger charge is -2.26. The molecule has 0 saturated heterocycles. The number of rotatable bonds is 6. The van der Waals surface area contributed by atoms with Crippen molar-refractivity contribution in [2.45, 2.75) is 25.7 Å². The third-order valence-corrected chi connectivity index (χ3v) is 4.14. The monoisotopic (exact) mass is 331 g/mol. The first kappa shape index (κ1) is 17.9. The molecule has 0 saturated carbocycles. The zero-order valence-electron chi connectivity index (χ0n) is 12.4. The first-order valence-corrected chi connectivity index (χ1v) is 8.36. The van der Waals surface area contributed by atoms with Gasteiger partial charge in [0.05, 0.1) is 10.7 Å². The minimum atomic E-state index is -3.22. The molecular weight excluding hydrogens is 314 g/mol. The van der Waals surface area contributed by atoms with Crippen LogP contribution >= 0.6 is 0 Å². The highest BCUT2D eigenvalue weighted by Gasteiger charge is 2.29. The minimum absolute atomic E-state index is 0.0448. The van der Waals surface area contributed by atoms with Gasteiger partial charge in [0.2, 0.25) is 0 Å². The highest BCUT2D eigenvalue weighted by atomic mass is 32.2. The van der Waals surface area contributed by atoms with E-state index in [4.69, 9.17) is 5.11 Å². The fraction of sp³-hybridized carbons (Fsp3) is 0.462. The van der Waals surface area contributed by atoms with E-state index >= 15 is 0 Å². The summed E-state index contributed by atoms with van der Waals surface area (Å²) in [5.41, 5.74) is -0.771. The largest absolute Gasteiger partial charge is 0.511 e. The summed E-state index contributed by atoms with van der Waals surface area (Å²) in [6, 6.07) is 3.54. The molecule has 22 heavy (non-hydrogen) atoms. The summed E-state index contributed by atoms with van der Waals surface area (Å²) in [6.45, 7) is 3.35. The second-order valence-corrected chi connectivity index (χ2v) is 7.83. The van der Waals surface area contributed by atoms with Crippen molar-refractivity contribution in [1.29, 1.82) is 0 Å². The van der Waals surface area contributed by atoms with Gasteiger partial charge in [-0.05, 0) is 17.9 Å². The molecule has 0 spiro atoms. The molecule has 122 valence electrons. The Morgan fingerprint density at radius 1 is 1.41 bits per heavy atom. The summed E-state index contributed by atoms with van der Waals surface area (Å²) < 4.78 is 27.3. The van der Waals surface area contributed by atoms with Crippen molar-refractivity contribution < 1.29 is 28.0 Å². The number of nitro benzene ring substituents is 1. The van der Waals surface area contributed by atoms with E-state index in [0.29, 0.717) is 0 Å². The quantitative estimate of drug-likeness (QED) is 0.367. The number of hydrogen-bond acceptors (Lipinski definition) is 6. The summed E-state index contributed by atoms with van der Waals surface area (Å²) in [6.07, 6.45) is -0.289. The predicted molar refractivity (Wildman–Crippen MR) is 79.1 cm³/mol. The fourth-order valence-corrected chi connectivity index (χ4v) is 2.80. The Morgan fingerprint density at radius 2 is 2.00 bits per heavy atom. The summed E-state index contributed by atoms with van der Waals surface area (Å²) in [5, 5.41) is 19.6. The van der Waals surface area contributed by atoms with Crippen molar-refractivity contribution in [3.63, 3.8) is 0 Å². The van der Waals surface area contributed by atoms with Crippen molar-refractivity contribution in [2.24, 2.45) is 0 Å². The molecule has 8 nitrogen and oxygen atoms in total. The molecule has 1 rings (SSSR count). The first-order valence-electron chi connectivity index (χ1n) is 6.30. The van der Waals surface area contributed by atoms with Crippen molar-refractivity contribution in [2.75, 3.05) is 12.0 Å². The maximum atomic E-state index is 11.3. The minimum Gasteiger partial charge on any atom is -0.449 e. The Bertz CT molecular complexity index is 694. The zero-order valence-corrected chi connectivity index (χ0v) is 13.2. The molecule has 0 atom stereocenters. The third kappa shape index (κ3) is 4.99. The molecule has 0 aliphatic carbocycles. The number of hydrogen-bond donors (Lipinski definition) is 1. The van der Waals surface area contributed by atoms with E-state index in [1.54, 1.807) is 13.8 Å². The number of non-ortho nitro benzene ring substituents is 1. The SMILES string of the molecule is CC(C)(CCS(C)(=O)=O)c1cc([N+](=O)[O-])ccc1OC(=O)O. The van der Waals surface area contributed by atoms with E-state index in [1.165, 1.54) is 12.1 Å². The van der Waals surface area contributed by atoms with Crippen LogP contribution in [0.25, 0.3) is 0 Å². The van der Waals surface area contributed by atoms with Crippen LogP contribution in [0.3, 0.4) is 0 Å². The molecule has 1 N–H and O–H groups in total. The topological polar surface area (TPSA) is 124 Å². The van der Waals surface area contributed by atoms with Crippen LogP contribution in [0.2, 0.25) is 0 Å². The van der Waals surface area contributed by atoms with Crippen molar-refractivity contribution in [3.05, 3.63) is 33.9 Å². The molecule has 0 bridgehead atoms. The van der Waals surface area contributed by atoms with Crippen LogP contribution in [0.4, 0.5) is 10.5 Å². The highest BCUT2D eigenvalue weighted by molar-refractivity contribution is 7.90. The maximum absolute atomic E-state index is 11.3. The van der Waals surface area contributed by atoms with Gasteiger partial charge < -0.3 is 9.84 Å². The molecule has 0 amide bonds. The van der Waals surface area contributed by atoms with Gasteiger partial charge in [-0.3, -0.25) is 10.1 Å². The van der Waals surface area contributed by atoms with Gasteiger partial charge in [-0.25, -0.2) is 13.2 Å². The molecule has 0 aromatic heterocycles. The van der Waals surface area contributed by atoms with Gasteiger partial charge in [0.1, 0.15) is 15.6 Å². The van der Waals surface area contributed by atoms with Gasteiger partial charge in [0.25, 0.3) is 5.69 Å². The van der Waals surface area contributed by atoms with Crippen molar-refractivity contribution >= 4 is 21.7 Å². The zero-order chi connectivity index (χ0) is 17.1. The summed E-state index contributed by atoms with van der Waals surface area (Å²) in [5.74, 6) is -0.175. The van der Waals surface area contributed by atoms with Crippen molar-refractivity contribution in [3.8, 4) is 5.75 Å². The van der Waals surface area contributed by atoms with Crippen molar-refractivity contribution in [1.82, 2.24) is 0 Å². The van der Waals surface area contributed by atoms with Crippen LogP contribution in [0.1, 0.15) is 25.8 Å². The lowest BCUT2D eigenvalue weighted by Crippen LogP contribution is -2.23. The van der Waals surface area contributed by atoms with E-state index in [2.05, 4.69) is 4.74 Å². The Hall–Kier alpha value is -2.16. The van der Waals surface area contributed by atoms with Gasteiger partial charge in [0.15, 0.2) is 0 Å². The van der Waals surface area contributed by atoms with Gasteiger partial charge in [-0.15, -0.1) is 0 Å². The highest BCUT2D eigenvalue weighted by Crippen LogP contribution is 2.37. The van der Waals surface area contributed by atoms with E-state index < -0.39 is 26.3 Å². The Kier molecular flexibility index (Phi) is 5.13. The van der Waals surface area contributed by atoms with Crippen LogP contribution in [0.15, 0.2) is 18.2 Å². The van der Waals surface area contributed by atoms with Gasteiger partial charge >= 0.3 is 6.16 Å². The first-order chi connectivity index (χ1) is 9.92. The molecule has 0 heterocycles. The predicted octanol–water partition coefficient (Wildman–Crippen LogP) is 2.36. The summed E-state index contributed by atoms with van der Waals surface area (Å²) in [7, 11) is -3.22. The van der Waals surface area contributed by atoms with Gasteiger partial charge in [-0.1, -0.05) is 13.8 Å². The molecule has 0 aliphatic heterocycles. The summed E-state index contributed by atoms with van der Waals surface area (Å²) in [4.78, 5) is 21.0. The van der Waals surface area contributed by atoms with E-state index in [-0.39, 0.29) is 29.2 Å². The fourth-order valence-electron chi connectivity index (χ4n) is 1.92. The Balaban J connectivity index is 3.29. The normalized spacial score (nSPS) is 12.0. The second-order valence-electron chi connectivity index (χ2n) is 5.57.